The lowest BCUT2D eigenvalue weighted by molar-refractivity contribution is 0.415. The van der Waals surface area contributed by atoms with E-state index in [-0.39, 0.29) is 0 Å². The second-order valence-electron chi connectivity index (χ2n) is 3.98. The van der Waals surface area contributed by atoms with Gasteiger partial charge in [-0.3, -0.25) is 0 Å². The zero-order valence-corrected chi connectivity index (χ0v) is 13.0. The van der Waals surface area contributed by atoms with E-state index in [9.17, 15) is 0 Å². The van der Waals surface area contributed by atoms with Gasteiger partial charge < -0.3 is 4.74 Å². The number of ether oxygens (including phenoxy) is 1. The molecule has 0 aliphatic heterocycles. The second kappa shape index (κ2) is 5.78. The summed E-state index contributed by atoms with van der Waals surface area (Å²) in [4.78, 5) is 0. The molecule has 0 aliphatic rings. The molecule has 0 aliphatic carbocycles. The maximum absolute atomic E-state index is 5.19. The van der Waals surface area contributed by atoms with Crippen molar-refractivity contribution in [2.75, 3.05) is 7.11 Å². The van der Waals surface area contributed by atoms with Gasteiger partial charge in [-0.05, 0) is 42.5 Å². The largest absolute Gasteiger partial charge is 0.497 e. The van der Waals surface area contributed by atoms with Crippen molar-refractivity contribution in [3.05, 3.63) is 45.6 Å². The normalized spacial score (nSPS) is 11.2. The van der Waals surface area contributed by atoms with Crippen LogP contribution < -0.4 is 4.74 Å². The molecular formula is C14H10N2OS3. The molecular weight excluding hydrogens is 308 g/mol. The third kappa shape index (κ3) is 2.92. The first-order chi connectivity index (χ1) is 9.74. The van der Waals surface area contributed by atoms with Crippen molar-refractivity contribution in [2.45, 2.75) is 0 Å². The minimum absolute atomic E-state index is 0.795. The molecule has 0 spiro atoms. The molecule has 1 heterocycles. The van der Waals surface area contributed by atoms with Crippen molar-refractivity contribution in [1.82, 2.24) is 0 Å². The van der Waals surface area contributed by atoms with E-state index in [1.165, 1.54) is 4.70 Å². The van der Waals surface area contributed by atoms with E-state index >= 15 is 0 Å². The molecule has 0 saturated carbocycles. The molecule has 1 aromatic heterocycles. The van der Waals surface area contributed by atoms with Gasteiger partial charge in [0.1, 0.15) is 8.89 Å². The van der Waals surface area contributed by atoms with Crippen molar-refractivity contribution in [1.29, 1.82) is 0 Å². The molecule has 3 aromatic rings. The fourth-order valence-corrected chi connectivity index (χ4v) is 4.18. The summed E-state index contributed by atoms with van der Waals surface area (Å²) in [6.07, 6.45) is 0. The van der Waals surface area contributed by atoms with Gasteiger partial charge in [0.15, 0.2) is 0 Å². The van der Waals surface area contributed by atoms with E-state index < -0.39 is 0 Å². The summed E-state index contributed by atoms with van der Waals surface area (Å²) in [7, 11) is 1.64. The number of azo groups is 1. The van der Waals surface area contributed by atoms with Gasteiger partial charge in [-0.25, -0.2) is 0 Å². The Bertz CT molecular complexity index is 818. The molecule has 100 valence electrons. The Morgan fingerprint density at radius 1 is 0.900 bits per heavy atom. The van der Waals surface area contributed by atoms with E-state index in [2.05, 4.69) is 10.2 Å². The first kappa shape index (κ1) is 13.4. The van der Waals surface area contributed by atoms with Crippen molar-refractivity contribution in [2.24, 2.45) is 10.2 Å². The van der Waals surface area contributed by atoms with E-state index in [1.54, 1.807) is 29.8 Å². The van der Waals surface area contributed by atoms with Gasteiger partial charge in [0.25, 0.3) is 0 Å². The maximum atomic E-state index is 5.19. The maximum Gasteiger partial charge on any atom is 0.144 e. The van der Waals surface area contributed by atoms with Crippen molar-refractivity contribution in [3.63, 3.8) is 0 Å². The molecule has 0 atom stereocenters. The van der Waals surface area contributed by atoms with Gasteiger partial charge in [0.2, 0.25) is 0 Å². The van der Waals surface area contributed by atoms with Crippen LogP contribution in [-0.4, -0.2) is 7.11 Å². The lowest BCUT2D eigenvalue weighted by Gasteiger charge is -1.98. The fraction of sp³-hybridized carbons (Fsp3) is 0.0714. The van der Waals surface area contributed by atoms with Gasteiger partial charge in [-0.15, -0.1) is 22.7 Å². The summed E-state index contributed by atoms with van der Waals surface area (Å²) in [5.74, 6) is 0.809. The highest BCUT2D eigenvalue weighted by Gasteiger charge is 1.99. The topological polar surface area (TPSA) is 34.0 Å². The van der Waals surface area contributed by atoms with Gasteiger partial charge in [0.05, 0.1) is 18.5 Å². The summed E-state index contributed by atoms with van der Waals surface area (Å²) in [6, 6.07) is 13.5. The van der Waals surface area contributed by atoms with Crippen LogP contribution in [0.1, 0.15) is 0 Å². The van der Waals surface area contributed by atoms with Crippen LogP contribution in [0.25, 0.3) is 9.40 Å². The van der Waals surface area contributed by atoms with Crippen LogP contribution in [0.4, 0.5) is 11.4 Å². The zero-order chi connectivity index (χ0) is 13.9. The van der Waals surface area contributed by atoms with Crippen LogP contribution in [-0.2, 0) is 0 Å². The Hall–Kier alpha value is -1.63. The lowest BCUT2D eigenvalue weighted by Crippen LogP contribution is -1.79. The molecule has 0 fully saturated rings. The molecule has 0 saturated heterocycles. The summed E-state index contributed by atoms with van der Waals surface area (Å²) in [5.41, 5.74) is 1.63. The fourth-order valence-electron chi connectivity index (χ4n) is 1.69. The number of hydrogen-bond donors (Lipinski definition) is 0. The van der Waals surface area contributed by atoms with E-state index in [0.29, 0.717) is 0 Å². The summed E-state index contributed by atoms with van der Waals surface area (Å²) >= 11 is 8.43. The molecule has 3 rings (SSSR count). The predicted octanol–water partition coefficient (Wildman–Crippen LogP) is 6.12. The quantitative estimate of drug-likeness (QED) is 0.431. The predicted molar refractivity (Wildman–Crippen MR) is 87.7 cm³/mol. The Morgan fingerprint density at radius 2 is 1.55 bits per heavy atom. The molecule has 20 heavy (non-hydrogen) atoms. The van der Waals surface area contributed by atoms with Crippen LogP contribution in [0.2, 0.25) is 0 Å². The van der Waals surface area contributed by atoms with Crippen molar-refractivity contribution in [3.8, 4) is 5.75 Å². The number of fused-ring (bicyclic) bond motifs is 1. The minimum atomic E-state index is 0.795. The van der Waals surface area contributed by atoms with Gasteiger partial charge in [0, 0.05) is 9.40 Å². The van der Waals surface area contributed by atoms with E-state index in [4.69, 9.17) is 17.0 Å². The monoisotopic (exact) mass is 318 g/mol. The molecule has 0 bridgehead atoms. The summed E-state index contributed by atoms with van der Waals surface area (Å²) < 4.78 is 8.39. The van der Waals surface area contributed by atoms with Crippen molar-refractivity contribution < 1.29 is 4.74 Å². The molecule has 0 amide bonds. The smallest absolute Gasteiger partial charge is 0.144 e. The Morgan fingerprint density at radius 3 is 2.30 bits per heavy atom. The van der Waals surface area contributed by atoms with Gasteiger partial charge in [-0.1, -0.05) is 12.2 Å². The van der Waals surface area contributed by atoms with Crippen LogP contribution in [0.5, 0.6) is 5.75 Å². The van der Waals surface area contributed by atoms with Crippen LogP contribution in [0.3, 0.4) is 0 Å². The molecule has 6 heteroatoms. The molecule has 2 aromatic carbocycles. The number of nitrogens with zero attached hydrogens (tertiary/aromatic N) is 2. The number of hydrogen-bond acceptors (Lipinski definition) is 6. The molecule has 3 nitrogen and oxygen atoms in total. The Balaban J connectivity index is 1.87. The molecule has 0 radical (unpaired) electrons. The molecule has 0 unspecified atom stereocenters. The summed E-state index contributed by atoms with van der Waals surface area (Å²) in [6.45, 7) is 0. The lowest BCUT2D eigenvalue weighted by atomic mass is 10.3. The first-order valence-electron chi connectivity index (χ1n) is 5.84. The Labute approximate surface area is 129 Å². The number of benzene rings is 2. The third-order valence-corrected chi connectivity index (χ3v) is 5.26. The van der Waals surface area contributed by atoms with Crippen LogP contribution >= 0.6 is 34.9 Å². The average molecular weight is 318 g/mol. The van der Waals surface area contributed by atoms with E-state index in [1.807, 2.05) is 42.5 Å². The van der Waals surface area contributed by atoms with Crippen LogP contribution in [0.15, 0.2) is 52.7 Å². The van der Waals surface area contributed by atoms with E-state index in [0.717, 1.165) is 25.0 Å². The van der Waals surface area contributed by atoms with Gasteiger partial charge >= 0.3 is 0 Å². The van der Waals surface area contributed by atoms with Gasteiger partial charge in [-0.2, -0.15) is 10.2 Å². The molecule has 0 N–H and O–H groups in total. The Kier molecular flexibility index (Phi) is 3.86. The SMILES string of the molecule is COc1ccc(N=Nc2ccc3sc(=S)sc3c2)cc1. The average Bonchev–Trinajstić information content (AvgIpc) is 2.85. The second-order valence-corrected chi connectivity index (χ2v) is 7.27. The summed E-state index contributed by atoms with van der Waals surface area (Å²) in [5, 5.41) is 8.47. The third-order valence-electron chi connectivity index (χ3n) is 2.67. The van der Waals surface area contributed by atoms with Crippen molar-refractivity contribution >= 4 is 55.7 Å². The van der Waals surface area contributed by atoms with Crippen LogP contribution in [0, 0.1) is 3.14 Å². The number of methoxy groups -OCH3 is 1. The first-order valence-corrected chi connectivity index (χ1v) is 7.88. The minimum Gasteiger partial charge on any atom is -0.497 e. The zero-order valence-electron chi connectivity index (χ0n) is 10.6. The highest BCUT2D eigenvalue weighted by Crippen LogP contribution is 2.31. The standard InChI is InChI=1S/C14H10N2OS3/c1-17-11-5-2-9(3-6-11)15-16-10-4-7-12-13(8-10)20-14(18)19-12/h2-8H,1H3. The highest BCUT2D eigenvalue weighted by molar-refractivity contribution is 7.77. The highest BCUT2D eigenvalue weighted by atomic mass is 32.2. The number of rotatable bonds is 3.